The smallest absolute Gasteiger partial charge is 0.159 e. The second kappa shape index (κ2) is 8.39. The van der Waals surface area contributed by atoms with E-state index in [1.54, 1.807) is 0 Å². The van der Waals surface area contributed by atoms with E-state index in [1.807, 2.05) is 0 Å². The molecular formula is C20H33N3. The first-order chi connectivity index (χ1) is 11.1. The molecule has 1 aliphatic heterocycles. The molecule has 2 unspecified atom stereocenters. The molecule has 3 nitrogen and oxygen atoms in total. The van der Waals surface area contributed by atoms with Crippen LogP contribution in [0.1, 0.15) is 39.5 Å². The highest BCUT2D eigenvalue weighted by Gasteiger charge is 2.36. The average Bonchev–Trinajstić information content (AvgIpc) is 2.80. The van der Waals surface area contributed by atoms with Crippen LogP contribution in [0.4, 0.5) is 0 Å². The van der Waals surface area contributed by atoms with E-state index in [2.05, 4.69) is 86.1 Å². The maximum absolute atomic E-state index is 2.56. The minimum absolute atomic E-state index is 0.332. The summed E-state index contributed by atoms with van der Waals surface area (Å²) < 4.78 is 0. The molecule has 0 saturated heterocycles. The third kappa shape index (κ3) is 4.29. The summed E-state index contributed by atoms with van der Waals surface area (Å²) in [5, 5.41) is 0. The number of allylic oxidation sites excluding steroid dienone is 6. The van der Waals surface area contributed by atoms with Crippen LogP contribution in [0.25, 0.3) is 0 Å². The van der Waals surface area contributed by atoms with Crippen LogP contribution in [-0.4, -0.2) is 48.7 Å². The third-order valence-corrected chi connectivity index (χ3v) is 4.57. The van der Waals surface area contributed by atoms with Gasteiger partial charge in [-0.1, -0.05) is 44.2 Å². The Labute approximate surface area is 142 Å². The van der Waals surface area contributed by atoms with Crippen molar-refractivity contribution in [2.24, 2.45) is 5.92 Å². The second-order valence-corrected chi connectivity index (χ2v) is 6.87. The van der Waals surface area contributed by atoms with Gasteiger partial charge in [0, 0.05) is 19.3 Å². The highest BCUT2D eigenvalue weighted by Crippen LogP contribution is 2.35. The Hall–Kier alpha value is -1.48. The minimum atomic E-state index is 0.332. The molecule has 0 N–H and O–H groups in total. The average molecular weight is 316 g/mol. The summed E-state index contributed by atoms with van der Waals surface area (Å²) in [5.74, 6) is 0.544. The first-order valence-corrected chi connectivity index (χ1v) is 8.93. The molecule has 0 aromatic carbocycles. The standard InChI is InChI=1S/C20H33N3/c1-6-7-8-9-10-13-17(2)16-23-19-15-12-11-14-18(19)22(5)20(23)21(3)4/h7-8,10,12-13,15,17,20H,6,9,11,14,16H2,1-5H3/b8-7-,13-10-. The van der Waals surface area contributed by atoms with Gasteiger partial charge in [0.2, 0.25) is 0 Å². The van der Waals surface area contributed by atoms with E-state index in [0.717, 1.165) is 32.2 Å². The topological polar surface area (TPSA) is 9.72 Å². The SMILES string of the molecule is CC/C=C\C/C=C\C(C)CN1C2=C(CCC=C2)N(C)C1N(C)C. The quantitative estimate of drug-likeness (QED) is 0.652. The fraction of sp³-hybridized carbons (Fsp3) is 0.600. The largest absolute Gasteiger partial charge is 0.343 e. The van der Waals surface area contributed by atoms with Gasteiger partial charge >= 0.3 is 0 Å². The monoisotopic (exact) mass is 315 g/mol. The molecule has 0 radical (unpaired) electrons. The van der Waals surface area contributed by atoms with Gasteiger partial charge in [0.1, 0.15) is 0 Å². The van der Waals surface area contributed by atoms with Crippen molar-refractivity contribution >= 4 is 0 Å². The summed E-state index contributed by atoms with van der Waals surface area (Å²) in [6.45, 7) is 5.55. The lowest BCUT2D eigenvalue weighted by Crippen LogP contribution is -2.49. The van der Waals surface area contributed by atoms with Crippen molar-refractivity contribution in [1.29, 1.82) is 0 Å². The summed E-state index contributed by atoms with van der Waals surface area (Å²) in [5.41, 5.74) is 2.91. The molecule has 0 bridgehead atoms. The predicted octanol–water partition coefficient (Wildman–Crippen LogP) is 4.19. The molecule has 1 aliphatic carbocycles. The zero-order valence-corrected chi connectivity index (χ0v) is 15.5. The molecule has 0 aromatic heterocycles. The second-order valence-electron chi connectivity index (χ2n) is 6.87. The fourth-order valence-corrected chi connectivity index (χ4v) is 3.57. The normalized spacial score (nSPS) is 23.0. The molecule has 2 atom stereocenters. The highest BCUT2D eigenvalue weighted by atomic mass is 15.5. The van der Waals surface area contributed by atoms with Crippen LogP contribution in [-0.2, 0) is 0 Å². The Kier molecular flexibility index (Phi) is 6.52. The molecule has 0 amide bonds. The van der Waals surface area contributed by atoms with Gasteiger partial charge in [0.15, 0.2) is 6.29 Å². The summed E-state index contributed by atoms with van der Waals surface area (Å²) >= 11 is 0. The number of hydrogen-bond donors (Lipinski definition) is 0. The van der Waals surface area contributed by atoms with Gasteiger partial charge in [0.05, 0.1) is 5.70 Å². The zero-order chi connectivity index (χ0) is 16.8. The van der Waals surface area contributed by atoms with Crippen molar-refractivity contribution in [1.82, 2.24) is 14.7 Å². The molecule has 2 rings (SSSR count). The first-order valence-electron chi connectivity index (χ1n) is 8.93. The van der Waals surface area contributed by atoms with Crippen molar-refractivity contribution in [2.45, 2.75) is 45.8 Å². The van der Waals surface area contributed by atoms with Crippen LogP contribution >= 0.6 is 0 Å². The number of nitrogens with zero attached hydrogens (tertiary/aromatic N) is 3. The lowest BCUT2D eigenvalue weighted by molar-refractivity contribution is 0.0299. The van der Waals surface area contributed by atoms with Crippen LogP contribution in [0.2, 0.25) is 0 Å². The lowest BCUT2D eigenvalue weighted by atomic mass is 10.1. The Morgan fingerprint density at radius 1 is 1.30 bits per heavy atom. The van der Waals surface area contributed by atoms with E-state index < -0.39 is 0 Å². The summed E-state index contributed by atoms with van der Waals surface area (Å²) in [7, 11) is 6.58. The summed E-state index contributed by atoms with van der Waals surface area (Å²) in [4.78, 5) is 7.31. The van der Waals surface area contributed by atoms with E-state index in [0.29, 0.717) is 12.2 Å². The van der Waals surface area contributed by atoms with E-state index >= 15 is 0 Å². The van der Waals surface area contributed by atoms with Crippen LogP contribution in [0.5, 0.6) is 0 Å². The molecule has 3 heteroatoms. The van der Waals surface area contributed by atoms with Crippen LogP contribution < -0.4 is 0 Å². The molecule has 1 heterocycles. The van der Waals surface area contributed by atoms with E-state index in [4.69, 9.17) is 0 Å². The molecule has 23 heavy (non-hydrogen) atoms. The first kappa shape index (κ1) is 17.9. The van der Waals surface area contributed by atoms with Gasteiger partial charge in [-0.2, -0.15) is 0 Å². The van der Waals surface area contributed by atoms with Crippen molar-refractivity contribution < 1.29 is 0 Å². The van der Waals surface area contributed by atoms with Crippen molar-refractivity contribution in [3.05, 3.63) is 47.9 Å². The Bertz CT molecular complexity index is 499. The van der Waals surface area contributed by atoms with E-state index in [1.165, 1.54) is 11.4 Å². The molecule has 0 saturated carbocycles. The Balaban J connectivity index is 2.04. The van der Waals surface area contributed by atoms with Crippen molar-refractivity contribution in [3.63, 3.8) is 0 Å². The van der Waals surface area contributed by atoms with Crippen LogP contribution in [0, 0.1) is 5.92 Å². The molecule has 0 fully saturated rings. The summed E-state index contributed by atoms with van der Waals surface area (Å²) in [6.07, 6.45) is 18.6. The van der Waals surface area contributed by atoms with Crippen LogP contribution in [0.3, 0.4) is 0 Å². The number of rotatable bonds is 7. The Morgan fingerprint density at radius 2 is 2.09 bits per heavy atom. The van der Waals surface area contributed by atoms with Crippen molar-refractivity contribution in [3.8, 4) is 0 Å². The van der Waals surface area contributed by atoms with E-state index in [9.17, 15) is 0 Å². The predicted molar refractivity (Wildman–Crippen MR) is 99.7 cm³/mol. The summed E-state index contributed by atoms with van der Waals surface area (Å²) in [6, 6.07) is 0. The maximum Gasteiger partial charge on any atom is 0.159 e. The molecular weight excluding hydrogens is 282 g/mol. The molecule has 0 aromatic rings. The van der Waals surface area contributed by atoms with Gasteiger partial charge in [0.25, 0.3) is 0 Å². The van der Waals surface area contributed by atoms with Gasteiger partial charge < -0.3 is 9.80 Å². The van der Waals surface area contributed by atoms with Gasteiger partial charge in [-0.25, -0.2) is 0 Å². The lowest BCUT2D eigenvalue weighted by Gasteiger charge is -2.37. The van der Waals surface area contributed by atoms with Crippen LogP contribution in [0.15, 0.2) is 47.9 Å². The fourth-order valence-electron chi connectivity index (χ4n) is 3.57. The molecule has 2 aliphatic rings. The van der Waals surface area contributed by atoms with Gasteiger partial charge in [-0.3, -0.25) is 4.90 Å². The molecule has 0 spiro atoms. The minimum Gasteiger partial charge on any atom is -0.343 e. The zero-order valence-electron chi connectivity index (χ0n) is 15.5. The van der Waals surface area contributed by atoms with Crippen molar-refractivity contribution in [2.75, 3.05) is 27.7 Å². The molecule has 128 valence electrons. The van der Waals surface area contributed by atoms with Gasteiger partial charge in [-0.15, -0.1) is 0 Å². The Morgan fingerprint density at radius 3 is 2.78 bits per heavy atom. The van der Waals surface area contributed by atoms with Gasteiger partial charge in [-0.05, 0) is 51.8 Å². The number of hydrogen-bond acceptors (Lipinski definition) is 3. The van der Waals surface area contributed by atoms with E-state index in [-0.39, 0.29) is 0 Å². The highest BCUT2D eigenvalue weighted by molar-refractivity contribution is 5.32. The maximum atomic E-state index is 2.56. The third-order valence-electron chi connectivity index (χ3n) is 4.57.